The fraction of sp³-hybridized carbons (Fsp3) is 0.143. The van der Waals surface area contributed by atoms with E-state index in [9.17, 15) is 14.4 Å². The molecular formula is C21H15Br2N3O4. The number of amides is 4. The number of nitriles is 1. The normalized spacial score (nSPS) is 15.2. The third kappa shape index (κ3) is 4.30. The van der Waals surface area contributed by atoms with Crippen LogP contribution < -0.4 is 15.0 Å². The molecule has 4 amide bonds. The quantitative estimate of drug-likeness (QED) is 0.464. The zero-order valence-corrected chi connectivity index (χ0v) is 19.1. The first kappa shape index (κ1) is 21.7. The minimum Gasteiger partial charge on any atom is -0.476 e. The first-order chi connectivity index (χ1) is 14.2. The number of benzene rings is 2. The number of nitrogens with zero attached hydrogens (tertiary/aromatic N) is 2. The van der Waals surface area contributed by atoms with Gasteiger partial charge in [0, 0.05) is 0 Å². The van der Waals surface area contributed by atoms with Crippen molar-refractivity contribution in [2.75, 3.05) is 11.5 Å². The van der Waals surface area contributed by atoms with Crippen LogP contribution in [-0.4, -0.2) is 24.5 Å². The number of aryl methyl sites for hydroxylation is 2. The summed E-state index contributed by atoms with van der Waals surface area (Å²) in [6.07, 6.45) is 1.39. The van der Waals surface area contributed by atoms with Crippen molar-refractivity contribution in [1.29, 1.82) is 5.26 Å². The van der Waals surface area contributed by atoms with E-state index in [4.69, 9.17) is 10.00 Å². The number of anilines is 1. The van der Waals surface area contributed by atoms with Gasteiger partial charge in [-0.2, -0.15) is 5.26 Å². The standard InChI is InChI=1S/C21H15Br2N3O4/c1-11-3-4-14(7-12(11)2)26-20(28)15(19(27)25-21(26)29)8-13-9-16(22)18(17(23)10-13)30-6-5-24/h3-4,7-10H,6H2,1-2H3,(H,25,27,29)/b15-8+. The molecule has 1 heterocycles. The number of rotatable bonds is 4. The summed E-state index contributed by atoms with van der Waals surface area (Å²) in [4.78, 5) is 38.7. The largest absolute Gasteiger partial charge is 0.476 e. The monoisotopic (exact) mass is 531 g/mol. The second-order valence-electron chi connectivity index (χ2n) is 6.49. The number of carbonyl (C=O) groups is 3. The maximum absolute atomic E-state index is 13.0. The topological polar surface area (TPSA) is 99.5 Å². The second kappa shape index (κ2) is 8.81. The molecule has 1 N–H and O–H groups in total. The predicted molar refractivity (Wildman–Crippen MR) is 118 cm³/mol. The van der Waals surface area contributed by atoms with Gasteiger partial charge in [-0.25, -0.2) is 9.69 Å². The van der Waals surface area contributed by atoms with Crippen LogP contribution in [0, 0.1) is 25.2 Å². The molecule has 1 aliphatic rings. The number of urea groups is 1. The van der Waals surface area contributed by atoms with Gasteiger partial charge in [0.05, 0.1) is 14.6 Å². The molecule has 0 radical (unpaired) electrons. The lowest BCUT2D eigenvalue weighted by atomic mass is 10.1. The van der Waals surface area contributed by atoms with Gasteiger partial charge in [0.2, 0.25) is 0 Å². The number of imide groups is 2. The molecule has 0 aromatic heterocycles. The molecule has 0 unspecified atom stereocenters. The van der Waals surface area contributed by atoms with Gasteiger partial charge >= 0.3 is 6.03 Å². The Labute approximate surface area is 189 Å². The van der Waals surface area contributed by atoms with Crippen LogP contribution in [-0.2, 0) is 9.59 Å². The van der Waals surface area contributed by atoms with Crippen LogP contribution in [0.2, 0.25) is 0 Å². The van der Waals surface area contributed by atoms with Crippen molar-refractivity contribution in [2.24, 2.45) is 0 Å². The van der Waals surface area contributed by atoms with E-state index in [1.807, 2.05) is 19.9 Å². The highest BCUT2D eigenvalue weighted by atomic mass is 79.9. The highest BCUT2D eigenvalue weighted by Gasteiger charge is 2.37. The van der Waals surface area contributed by atoms with Crippen LogP contribution in [0.3, 0.4) is 0 Å². The van der Waals surface area contributed by atoms with Gasteiger partial charge in [-0.1, -0.05) is 6.07 Å². The van der Waals surface area contributed by atoms with Crippen LogP contribution in [0.1, 0.15) is 16.7 Å². The van der Waals surface area contributed by atoms with Crippen molar-refractivity contribution in [3.8, 4) is 11.8 Å². The molecule has 0 bridgehead atoms. The first-order valence-electron chi connectivity index (χ1n) is 8.70. The highest BCUT2D eigenvalue weighted by molar-refractivity contribution is 9.11. The van der Waals surface area contributed by atoms with Gasteiger partial charge in [0.25, 0.3) is 11.8 Å². The van der Waals surface area contributed by atoms with Gasteiger partial charge in [0.15, 0.2) is 6.61 Å². The summed E-state index contributed by atoms with van der Waals surface area (Å²) in [5.41, 5.74) is 2.64. The number of nitrogens with one attached hydrogen (secondary N) is 1. The summed E-state index contributed by atoms with van der Waals surface area (Å²) in [7, 11) is 0. The van der Waals surface area contributed by atoms with Crippen molar-refractivity contribution in [2.45, 2.75) is 13.8 Å². The van der Waals surface area contributed by atoms with E-state index in [1.165, 1.54) is 6.08 Å². The summed E-state index contributed by atoms with van der Waals surface area (Å²) in [6.45, 7) is 3.66. The number of barbiturate groups is 1. The molecule has 0 saturated carbocycles. The summed E-state index contributed by atoms with van der Waals surface area (Å²) in [5.74, 6) is -1.07. The van der Waals surface area contributed by atoms with E-state index in [0.29, 0.717) is 25.9 Å². The summed E-state index contributed by atoms with van der Waals surface area (Å²) in [5, 5.41) is 10.9. The molecule has 30 heavy (non-hydrogen) atoms. The van der Waals surface area contributed by atoms with Crippen molar-refractivity contribution in [1.82, 2.24) is 5.32 Å². The first-order valence-corrected chi connectivity index (χ1v) is 10.3. The lowest BCUT2D eigenvalue weighted by Gasteiger charge is -2.27. The number of hydrogen-bond acceptors (Lipinski definition) is 5. The Kier molecular flexibility index (Phi) is 6.39. The number of halogens is 2. The van der Waals surface area contributed by atoms with E-state index < -0.39 is 17.8 Å². The third-order valence-corrected chi connectivity index (χ3v) is 5.64. The molecule has 1 aliphatic heterocycles. The molecule has 1 saturated heterocycles. The molecule has 2 aromatic rings. The Morgan fingerprint density at radius 3 is 2.37 bits per heavy atom. The SMILES string of the molecule is Cc1ccc(N2C(=O)NC(=O)/C(=C\c3cc(Br)c(OCC#N)c(Br)c3)C2=O)cc1C. The molecule has 7 nitrogen and oxygen atoms in total. The molecule has 3 rings (SSSR count). The zero-order chi connectivity index (χ0) is 22.0. The van der Waals surface area contributed by atoms with Gasteiger partial charge in [0.1, 0.15) is 17.4 Å². The molecular weight excluding hydrogens is 518 g/mol. The summed E-state index contributed by atoms with van der Waals surface area (Å²) in [6, 6.07) is 9.54. The lowest BCUT2D eigenvalue weighted by molar-refractivity contribution is -0.122. The third-order valence-electron chi connectivity index (χ3n) is 4.46. The molecule has 2 aromatic carbocycles. The molecule has 1 fully saturated rings. The van der Waals surface area contributed by atoms with Crippen molar-refractivity contribution >= 4 is 61.5 Å². The second-order valence-corrected chi connectivity index (χ2v) is 8.20. The average molecular weight is 533 g/mol. The molecule has 152 valence electrons. The fourth-order valence-corrected chi connectivity index (χ4v) is 4.28. The maximum atomic E-state index is 13.0. The van der Waals surface area contributed by atoms with Crippen molar-refractivity contribution < 1.29 is 19.1 Å². The maximum Gasteiger partial charge on any atom is 0.335 e. The molecule has 0 aliphatic carbocycles. The minimum absolute atomic E-state index is 0.133. The fourth-order valence-electron chi connectivity index (χ4n) is 2.83. The van der Waals surface area contributed by atoms with E-state index in [2.05, 4.69) is 37.2 Å². The van der Waals surface area contributed by atoms with Crippen LogP contribution >= 0.6 is 31.9 Å². The van der Waals surface area contributed by atoms with Crippen LogP contribution in [0.15, 0.2) is 44.9 Å². The van der Waals surface area contributed by atoms with Crippen LogP contribution in [0.25, 0.3) is 6.08 Å². The summed E-state index contributed by atoms with van der Waals surface area (Å²) < 4.78 is 6.40. The summed E-state index contributed by atoms with van der Waals surface area (Å²) >= 11 is 6.70. The van der Waals surface area contributed by atoms with Gasteiger partial charge < -0.3 is 4.74 Å². The van der Waals surface area contributed by atoms with E-state index in [0.717, 1.165) is 16.0 Å². The van der Waals surface area contributed by atoms with Gasteiger partial charge in [-0.3, -0.25) is 14.9 Å². The Morgan fingerprint density at radius 1 is 1.10 bits per heavy atom. The minimum atomic E-state index is -0.798. The Hall–Kier alpha value is -2.96. The lowest BCUT2D eigenvalue weighted by Crippen LogP contribution is -2.54. The van der Waals surface area contributed by atoms with E-state index >= 15 is 0 Å². The zero-order valence-electron chi connectivity index (χ0n) is 16.0. The molecule has 0 atom stereocenters. The smallest absolute Gasteiger partial charge is 0.335 e. The highest BCUT2D eigenvalue weighted by Crippen LogP contribution is 2.35. The van der Waals surface area contributed by atoms with Crippen molar-refractivity contribution in [3.63, 3.8) is 0 Å². The van der Waals surface area contributed by atoms with Crippen LogP contribution in [0.4, 0.5) is 10.5 Å². The Bertz CT molecular complexity index is 1130. The Morgan fingerprint density at radius 2 is 1.77 bits per heavy atom. The van der Waals surface area contributed by atoms with Crippen LogP contribution in [0.5, 0.6) is 5.75 Å². The average Bonchev–Trinajstić information content (AvgIpc) is 2.67. The van der Waals surface area contributed by atoms with Gasteiger partial charge in [-0.05, 0) is 92.7 Å². The number of hydrogen-bond donors (Lipinski definition) is 1. The van der Waals surface area contributed by atoms with E-state index in [1.54, 1.807) is 30.3 Å². The predicted octanol–water partition coefficient (Wildman–Crippen LogP) is 4.40. The number of ether oxygens (including phenoxy) is 1. The van der Waals surface area contributed by atoms with Crippen molar-refractivity contribution in [3.05, 3.63) is 61.5 Å². The molecule has 9 heteroatoms. The molecule has 0 spiro atoms. The number of carbonyl (C=O) groups excluding carboxylic acids is 3. The van der Waals surface area contributed by atoms with Gasteiger partial charge in [-0.15, -0.1) is 0 Å². The van der Waals surface area contributed by atoms with E-state index in [-0.39, 0.29) is 12.2 Å². The Balaban J connectivity index is 2.00.